The van der Waals surface area contributed by atoms with Crippen LogP contribution in [-0.4, -0.2) is 38.3 Å². The summed E-state index contributed by atoms with van der Waals surface area (Å²) < 4.78 is 36.8. The number of hydrogen-bond acceptors (Lipinski definition) is 5. The van der Waals surface area contributed by atoms with E-state index in [0.29, 0.717) is 18.0 Å². The fraction of sp³-hybridized carbons (Fsp3) is 0.200. The quantitative estimate of drug-likeness (QED) is 0.176. The number of carbonyl (C=O) groups excluding carboxylic acids is 1. The molecule has 0 aliphatic carbocycles. The first-order valence-electron chi connectivity index (χ1n) is 12.7. The smallest absolute Gasteiger partial charge is 0.264 e. The average Bonchev–Trinajstić information content (AvgIpc) is 3.20. The van der Waals surface area contributed by atoms with Gasteiger partial charge in [-0.15, -0.1) is 0 Å². The van der Waals surface area contributed by atoms with Crippen molar-refractivity contribution in [2.45, 2.75) is 32.6 Å². The predicted octanol–water partition coefficient (Wildman–Crippen LogP) is 5.91. The van der Waals surface area contributed by atoms with Crippen molar-refractivity contribution in [1.29, 1.82) is 0 Å². The van der Waals surface area contributed by atoms with Gasteiger partial charge < -0.3 is 9.30 Å². The number of anilines is 1. The second kappa shape index (κ2) is 12.5. The van der Waals surface area contributed by atoms with Crippen molar-refractivity contribution >= 4 is 43.8 Å². The first-order chi connectivity index (χ1) is 19.1. The van der Waals surface area contributed by atoms with Crippen molar-refractivity contribution in [3.8, 4) is 11.4 Å². The van der Waals surface area contributed by atoms with E-state index in [1.54, 1.807) is 42.6 Å². The summed E-state index contributed by atoms with van der Waals surface area (Å²) >= 11 is 3.51. The Morgan fingerprint density at radius 1 is 1.02 bits per heavy atom. The third kappa shape index (κ3) is 6.63. The molecule has 4 rings (SSSR count). The van der Waals surface area contributed by atoms with Crippen LogP contribution in [0.2, 0.25) is 0 Å². The van der Waals surface area contributed by atoms with E-state index in [0.717, 1.165) is 37.0 Å². The fourth-order valence-corrected chi connectivity index (χ4v) is 6.11. The molecule has 0 radical (unpaired) electrons. The SMILES string of the molecule is CCOc1ccc(N(CC(=O)N/N=C/c2cc(C)n(-c3cccc(Br)c3)c2C)S(=O)(=O)c2ccc(C)cc2)cc1. The summed E-state index contributed by atoms with van der Waals surface area (Å²) in [7, 11) is -4.04. The van der Waals surface area contributed by atoms with E-state index in [2.05, 4.69) is 31.0 Å². The molecule has 0 aliphatic rings. The number of hydrazone groups is 1. The Balaban J connectivity index is 1.56. The van der Waals surface area contributed by atoms with Crippen molar-refractivity contribution in [2.24, 2.45) is 5.10 Å². The Bertz CT molecular complexity index is 1630. The van der Waals surface area contributed by atoms with E-state index in [-0.39, 0.29) is 4.90 Å². The number of amides is 1. The zero-order chi connectivity index (χ0) is 28.9. The highest BCUT2D eigenvalue weighted by molar-refractivity contribution is 9.10. The topological polar surface area (TPSA) is 93.0 Å². The molecule has 4 aromatic rings. The van der Waals surface area contributed by atoms with E-state index >= 15 is 0 Å². The first-order valence-corrected chi connectivity index (χ1v) is 14.9. The molecule has 10 heteroatoms. The third-order valence-corrected chi connectivity index (χ3v) is 8.54. The molecule has 208 valence electrons. The highest BCUT2D eigenvalue weighted by atomic mass is 79.9. The van der Waals surface area contributed by atoms with Crippen LogP contribution in [0.25, 0.3) is 5.69 Å². The van der Waals surface area contributed by atoms with Gasteiger partial charge in [0.1, 0.15) is 12.3 Å². The molecule has 1 aromatic heterocycles. The Kier molecular flexibility index (Phi) is 9.11. The fourth-order valence-electron chi connectivity index (χ4n) is 4.30. The Morgan fingerprint density at radius 2 is 1.73 bits per heavy atom. The number of hydrogen-bond donors (Lipinski definition) is 1. The summed E-state index contributed by atoms with van der Waals surface area (Å²) in [5.74, 6) is 0.0232. The lowest BCUT2D eigenvalue weighted by Gasteiger charge is -2.24. The molecule has 0 bridgehead atoms. The minimum Gasteiger partial charge on any atom is -0.494 e. The van der Waals surface area contributed by atoms with E-state index in [4.69, 9.17) is 4.74 Å². The molecule has 0 saturated carbocycles. The summed E-state index contributed by atoms with van der Waals surface area (Å²) in [5.41, 5.74) is 7.53. The zero-order valence-corrected chi connectivity index (χ0v) is 25.2. The second-order valence-corrected chi connectivity index (χ2v) is 12.0. The first kappa shape index (κ1) is 29.1. The number of nitrogens with zero attached hydrogens (tertiary/aromatic N) is 3. The molecule has 1 N–H and O–H groups in total. The molecule has 40 heavy (non-hydrogen) atoms. The predicted molar refractivity (Wildman–Crippen MR) is 162 cm³/mol. The van der Waals surface area contributed by atoms with E-state index in [9.17, 15) is 13.2 Å². The molecule has 3 aromatic carbocycles. The zero-order valence-electron chi connectivity index (χ0n) is 22.8. The van der Waals surface area contributed by atoms with Crippen LogP contribution in [0.1, 0.15) is 29.4 Å². The van der Waals surface area contributed by atoms with Gasteiger partial charge in [0.15, 0.2) is 0 Å². The van der Waals surface area contributed by atoms with Gasteiger partial charge in [0.2, 0.25) is 0 Å². The van der Waals surface area contributed by atoms with Crippen LogP contribution in [0.4, 0.5) is 5.69 Å². The molecular formula is C30H31BrN4O4S. The molecule has 0 unspecified atom stereocenters. The highest BCUT2D eigenvalue weighted by Crippen LogP contribution is 2.26. The van der Waals surface area contributed by atoms with Gasteiger partial charge in [0.25, 0.3) is 15.9 Å². The molecule has 0 atom stereocenters. The number of sulfonamides is 1. The van der Waals surface area contributed by atoms with Gasteiger partial charge in [0.05, 0.1) is 23.4 Å². The number of ether oxygens (including phenoxy) is 1. The van der Waals surface area contributed by atoms with Gasteiger partial charge in [-0.25, -0.2) is 13.8 Å². The Morgan fingerprint density at radius 3 is 2.38 bits per heavy atom. The Hall–Kier alpha value is -3.89. The van der Waals surface area contributed by atoms with E-state index in [1.807, 2.05) is 58.0 Å². The number of carbonyl (C=O) groups is 1. The summed E-state index contributed by atoms with van der Waals surface area (Å²) in [6.07, 6.45) is 1.56. The number of rotatable bonds is 10. The lowest BCUT2D eigenvalue weighted by Crippen LogP contribution is -2.39. The monoisotopic (exact) mass is 622 g/mol. The van der Waals surface area contributed by atoms with Crippen LogP contribution in [-0.2, 0) is 14.8 Å². The number of benzene rings is 3. The largest absolute Gasteiger partial charge is 0.494 e. The Labute approximate surface area is 243 Å². The number of aromatic nitrogens is 1. The van der Waals surface area contributed by atoms with Gasteiger partial charge in [-0.2, -0.15) is 5.10 Å². The number of nitrogens with one attached hydrogen (secondary N) is 1. The normalized spacial score (nSPS) is 11.5. The minimum absolute atomic E-state index is 0.0864. The maximum Gasteiger partial charge on any atom is 0.264 e. The van der Waals surface area contributed by atoms with Crippen molar-refractivity contribution < 1.29 is 17.9 Å². The molecule has 0 fully saturated rings. The van der Waals surface area contributed by atoms with Gasteiger partial charge in [0, 0.05) is 27.1 Å². The van der Waals surface area contributed by atoms with E-state index < -0.39 is 22.5 Å². The molecule has 1 amide bonds. The van der Waals surface area contributed by atoms with Crippen LogP contribution in [0.5, 0.6) is 5.75 Å². The molecule has 0 spiro atoms. The maximum absolute atomic E-state index is 13.6. The van der Waals surface area contributed by atoms with Crippen molar-refractivity contribution in [1.82, 2.24) is 9.99 Å². The van der Waals surface area contributed by atoms with Crippen LogP contribution < -0.4 is 14.5 Å². The van der Waals surface area contributed by atoms with Crippen LogP contribution in [0.3, 0.4) is 0 Å². The lowest BCUT2D eigenvalue weighted by atomic mass is 10.2. The molecule has 8 nitrogen and oxygen atoms in total. The number of aryl methyl sites for hydroxylation is 2. The van der Waals surface area contributed by atoms with Gasteiger partial charge in [-0.05, 0) is 88.4 Å². The van der Waals surface area contributed by atoms with Crippen LogP contribution in [0, 0.1) is 20.8 Å². The maximum atomic E-state index is 13.6. The van der Waals surface area contributed by atoms with Crippen LogP contribution >= 0.6 is 15.9 Å². The van der Waals surface area contributed by atoms with Gasteiger partial charge in [-0.1, -0.05) is 39.7 Å². The molecule has 0 saturated heterocycles. The van der Waals surface area contributed by atoms with E-state index in [1.165, 1.54) is 12.1 Å². The molecular weight excluding hydrogens is 592 g/mol. The number of halogens is 1. The summed E-state index contributed by atoms with van der Waals surface area (Å²) in [4.78, 5) is 13.1. The average molecular weight is 624 g/mol. The highest BCUT2D eigenvalue weighted by Gasteiger charge is 2.27. The summed E-state index contributed by atoms with van der Waals surface area (Å²) in [6.45, 7) is 7.73. The summed E-state index contributed by atoms with van der Waals surface area (Å²) in [5, 5.41) is 4.13. The van der Waals surface area contributed by atoms with Gasteiger partial charge >= 0.3 is 0 Å². The molecule has 0 aliphatic heterocycles. The van der Waals surface area contributed by atoms with Crippen molar-refractivity contribution in [3.05, 3.63) is 106 Å². The van der Waals surface area contributed by atoms with Crippen molar-refractivity contribution in [2.75, 3.05) is 17.5 Å². The van der Waals surface area contributed by atoms with Crippen LogP contribution in [0.15, 0.2) is 93.3 Å². The third-order valence-electron chi connectivity index (χ3n) is 6.26. The van der Waals surface area contributed by atoms with Crippen molar-refractivity contribution in [3.63, 3.8) is 0 Å². The second-order valence-electron chi connectivity index (χ2n) is 9.19. The summed E-state index contributed by atoms with van der Waals surface area (Å²) in [6, 6.07) is 23.0. The van der Waals surface area contributed by atoms with Gasteiger partial charge in [-0.3, -0.25) is 9.10 Å². The molecule has 1 heterocycles. The standard InChI is InChI=1S/C30H31BrN4O4S/c1-5-39-28-13-11-26(12-14-28)34(40(37,38)29-15-9-21(2)10-16-29)20-30(36)33-32-19-24-17-22(3)35(23(24)4)27-8-6-7-25(31)18-27/h6-19H,5,20H2,1-4H3,(H,33,36)/b32-19+. The minimum atomic E-state index is -4.04. The lowest BCUT2D eigenvalue weighted by molar-refractivity contribution is -0.119.